The topological polar surface area (TPSA) is 144 Å². The quantitative estimate of drug-likeness (QED) is 0.168. The van der Waals surface area contributed by atoms with E-state index in [2.05, 4.69) is 5.10 Å². The number of aromatic nitrogens is 2. The van der Waals surface area contributed by atoms with E-state index < -0.39 is 21.6 Å². The van der Waals surface area contributed by atoms with Crippen LogP contribution in [0.3, 0.4) is 0 Å². The number of halogens is 1. The Hall–Kier alpha value is -4.45. The molecular weight excluding hydrogens is 546 g/mol. The fourth-order valence-electron chi connectivity index (χ4n) is 3.81. The first-order valence-corrected chi connectivity index (χ1v) is 13.4. The van der Waals surface area contributed by atoms with Crippen LogP contribution in [0.1, 0.15) is 10.5 Å². The predicted molar refractivity (Wildman–Crippen MR) is 144 cm³/mol. The number of esters is 1. The number of nitrogens with two attached hydrogens (primary N) is 1. The van der Waals surface area contributed by atoms with Crippen molar-refractivity contribution in [1.82, 2.24) is 9.78 Å². The summed E-state index contributed by atoms with van der Waals surface area (Å²) in [7, 11) is -3.88. The third kappa shape index (κ3) is 5.85. The Kier molecular flexibility index (Phi) is 7.20. The summed E-state index contributed by atoms with van der Waals surface area (Å²) in [4.78, 5) is 24.2. The van der Waals surface area contributed by atoms with E-state index in [1.807, 2.05) is 0 Å². The summed E-state index contributed by atoms with van der Waals surface area (Å²) in [5.41, 5.74) is 1.49. The highest BCUT2D eigenvalue weighted by Crippen LogP contribution is 2.30. The average molecular weight is 566 g/mol. The minimum Gasteiger partial charge on any atom is -0.490 e. The summed E-state index contributed by atoms with van der Waals surface area (Å²) >= 11 is 6.40. The van der Waals surface area contributed by atoms with Crippen molar-refractivity contribution in [3.8, 4) is 22.7 Å². The molecule has 0 unspecified atom stereocenters. The Balaban J connectivity index is 1.34. The van der Waals surface area contributed by atoms with Gasteiger partial charge in [0.05, 0.1) is 16.3 Å². The second kappa shape index (κ2) is 10.7. The number of fused-ring (bicyclic) bond motifs is 1. The van der Waals surface area contributed by atoms with Crippen molar-refractivity contribution >= 4 is 38.6 Å². The molecule has 12 heteroatoms. The fourth-order valence-corrected chi connectivity index (χ4v) is 4.56. The lowest BCUT2D eigenvalue weighted by atomic mass is 10.1. The molecule has 0 aliphatic carbocycles. The van der Waals surface area contributed by atoms with Gasteiger partial charge in [-0.1, -0.05) is 29.8 Å². The summed E-state index contributed by atoms with van der Waals surface area (Å²) in [6.45, 7) is -0.0334. The molecule has 39 heavy (non-hydrogen) atoms. The van der Waals surface area contributed by atoms with Crippen LogP contribution in [-0.4, -0.2) is 37.4 Å². The number of nitrogens with zero attached hydrogens (tertiary/aromatic N) is 2. The van der Waals surface area contributed by atoms with Crippen molar-refractivity contribution in [2.24, 2.45) is 5.14 Å². The zero-order valence-corrected chi connectivity index (χ0v) is 21.7. The molecule has 2 N–H and O–H groups in total. The van der Waals surface area contributed by atoms with Gasteiger partial charge in [0.25, 0.3) is 0 Å². The zero-order chi connectivity index (χ0) is 27.6. The number of carbonyl (C=O) groups excluding carboxylic acids is 1. The van der Waals surface area contributed by atoms with Crippen LogP contribution in [0.2, 0.25) is 5.02 Å². The van der Waals surface area contributed by atoms with Crippen molar-refractivity contribution in [1.29, 1.82) is 0 Å². The average Bonchev–Trinajstić information content (AvgIpc) is 3.36. The molecule has 0 fully saturated rings. The van der Waals surface area contributed by atoms with Crippen molar-refractivity contribution in [2.75, 3.05) is 13.2 Å². The van der Waals surface area contributed by atoms with Gasteiger partial charge < -0.3 is 13.9 Å². The molecule has 3 aromatic carbocycles. The SMILES string of the molecule is NS(=O)(=O)c1ccc(-n2nc(C(=O)OCCOc3ccc4ccc(=O)oc4c3)cc2-c2ccccc2Cl)cc1. The first kappa shape index (κ1) is 26.2. The van der Waals surface area contributed by atoms with Gasteiger partial charge in [-0.15, -0.1) is 0 Å². The second-order valence-corrected chi connectivity index (χ2v) is 10.3. The molecule has 0 spiro atoms. The van der Waals surface area contributed by atoms with E-state index in [1.54, 1.807) is 48.5 Å². The third-order valence-electron chi connectivity index (χ3n) is 5.66. The van der Waals surface area contributed by atoms with Crippen LogP contribution in [0.4, 0.5) is 0 Å². The number of sulfonamides is 1. The monoisotopic (exact) mass is 565 g/mol. The van der Waals surface area contributed by atoms with Gasteiger partial charge in [0.1, 0.15) is 24.5 Å². The molecule has 2 aromatic heterocycles. The number of rotatable bonds is 8. The van der Waals surface area contributed by atoms with Crippen LogP contribution in [0.5, 0.6) is 5.75 Å². The first-order chi connectivity index (χ1) is 18.7. The number of ether oxygens (including phenoxy) is 2. The summed E-state index contributed by atoms with van der Waals surface area (Å²) in [6, 6.07) is 22.3. The molecule has 0 aliphatic heterocycles. The summed E-state index contributed by atoms with van der Waals surface area (Å²) in [5.74, 6) is -0.252. The molecule has 5 aromatic rings. The molecule has 2 heterocycles. The van der Waals surface area contributed by atoms with Crippen LogP contribution >= 0.6 is 11.6 Å². The van der Waals surface area contributed by atoms with Crippen LogP contribution in [-0.2, 0) is 14.8 Å². The van der Waals surface area contributed by atoms with Gasteiger partial charge in [-0.3, -0.25) is 0 Å². The van der Waals surface area contributed by atoms with Crippen molar-refractivity contribution in [2.45, 2.75) is 4.90 Å². The molecule has 0 aliphatic rings. The van der Waals surface area contributed by atoms with Gasteiger partial charge in [-0.05, 0) is 54.6 Å². The Bertz CT molecular complexity index is 1850. The number of benzene rings is 3. The molecule has 0 radical (unpaired) electrons. The van der Waals surface area contributed by atoms with E-state index in [1.165, 1.54) is 41.1 Å². The third-order valence-corrected chi connectivity index (χ3v) is 6.92. The number of hydrogen-bond donors (Lipinski definition) is 1. The number of carbonyl (C=O) groups is 1. The normalized spacial score (nSPS) is 11.4. The van der Waals surface area contributed by atoms with E-state index in [-0.39, 0.29) is 23.8 Å². The molecule has 198 valence electrons. The molecule has 0 amide bonds. The van der Waals surface area contributed by atoms with Crippen LogP contribution in [0, 0.1) is 0 Å². The van der Waals surface area contributed by atoms with Gasteiger partial charge in [-0.25, -0.2) is 27.8 Å². The van der Waals surface area contributed by atoms with Crippen LogP contribution in [0.15, 0.2) is 99.0 Å². The van der Waals surface area contributed by atoms with Gasteiger partial charge >= 0.3 is 11.6 Å². The molecule has 0 atom stereocenters. The molecule has 0 saturated heterocycles. The Labute approximate surface area is 227 Å². The summed E-state index contributed by atoms with van der Waals surface area (Å²) < 4.78 is 40.9. The molecule has 5 rings (SSSR count). The largest absolute Gasteiger partial charge is 0.490 e. The standard InChI is InChI=1S/C27H20ClN3O7S/c28-22-4-2-1-3-21(22)24-16-23(30-31(24)18-7-10-20(11-8-18)39(29,34)35)27(33)37-14-13-36-19-9-5-17-6-12-26(32)38-25(17)15-19/h1-12,15-16H,13-14H2,(H2,29,34,35). The predicted octanol–water partition coefficient (Wildman–Crippen LogP) is 4.18. The zero-order valence-electron chi connectivity index (χ0n) is 20.1. The number of hydrogen-bond acceptors (Lipinski definition) is 8. The minimum atomic E-state index is -3.88. The van der Waals surface area contributed by atoms with Gasteiger partial charge in [0.2, 0.25) is 10.0 Å². The lowest BCUT2D eigenvalue weighted by Gasteiger charge is -2.09. The van der Waals surface area contributed by atoms with Crippen molar-refractivity contribution < 1.29 is 27.1 Å². The van der Waals surface area contributed by atoms with Gasteiger partial charge in [0.15, 0.2) is 5.69 Å². The van der Waals surface area contributed by atoms with E-state index in [4.69, 9.17) is 30.6 Å². The second-order valence-electron chi connectivity index (χ2n) is 8.28. The Morgan fingerprint density at radius 3 is 2.46 bits per heavy atom. The highest BCUT2D eigenvalue weighted by molar-refractivity contribution is 7.89. The van der Waals surface area contributed by atoms with Crippen molar-refractivity contribution in [3.05, 3.63) is 106 Å². The highest BCUT2D eigenvalue weighted by Gasteiger charge is 2.20. The van der Waals surface area contributed by atoms with Gasteiger partial charge in [-0.2, -0.15) is 5.10 Å². The molecule has 0 saturated carbocycles. The maximum absolute atomic E-state index is 12.8. The maximum atomic E-state index is 12.8. The van der Waals surface area contributed by atoms with E-state index in [9.17, 15) is 18.0 Å². The van der Waals surface area contributed by atoms with E-state index >= 15 is 0 Å². The lowest BCUT2D eigenvalue weighted by Crippen LogP contribution is -2.13. The van der Waals surface area contributed by atoms with Crippen molar-refractivity contribution in [3.63, 3.8) is 0 Å². The lowest BCUT2D eigenvalue weighted by molar-refractivity contribution is 0.0443. The summed E-state index contributed by atoms with van der Waals surface area (Å²) in [5, 5.41) is 10.8. The van der Waals surface area contributed by atoms with Crippen LogP contribution in [0.25, 0.3) is 27.9 Å². The Morgan fingerprint density at radius 1 is 0.974 bits per heavy atom. The molecule has 0 bridgehead atoms. The molecule has 10 nitrogen and oxygen atoms in total. The van der Waals surface area contributed by atoms with Crippen LogP contribution < -0.4 is 15.5 Å². The molecular formula is C27H20ClN3O7S. The number of primary sulfonamides is 1. The summed E-state index contributed by atoms with van der Waals surface area (Å²) in [6.07, 6.45) is 0. The maximum Gasteiger partial charge on any atom is 0.358 e. The fraction of sp³-hybridized carbons (Fsp3) is 0.0741. The minimum absolute atomic E-state index is 0.00734. The first-order valence-electron chi connectivity index (χ1n) is 11.5. The van der Waals surface area contributed by atoms with E-state index in [0.717, 1.165) is 5.39 Å². The van der Waals surface area contributed by atoms with Gasteiger partial charge in [0, 0.05) is 28.1 Å². The smallest absolute Gasteiger partial charge is 0.358 e. The van der Waals surface area contributed by atoms with E-state index in [0.29, 0.717) is 33.3 Å². The highest BCUT2D eigenvalue weighted by atomic mass is 35.5. The Morgan fingerprint density at radius 2 is 1.72 bits per heavy atom.